The van der Waals surface area contributed by atoms with Gasteiger partial charge in [-0.3, -0.25) is 9.59 Å². The third-order valence-electron chi connectivity index (χ3n) is 4.43. The largest absolute Gasteiger partial charge is 0.507 e. The van der Waals surface area contributed by atoms with Gasteiger partial charge in [-0.25, -0.2) is 9.59 Å². The van der Waals surface area contributed by atoms with Crippen LogP contribution in [0, 0.1) is 0 Å². The summed E-state index contributed by atoms with van der Waals surface area (Å²) >= 11 is 0. The Labute approximate surface area is 170 Å². The summed E-state index contributed by atoms with van der Waals surface area (Å²) in [6.07, 6.45) is 0.432. The minimum atomic E-state index is -1.23. The van der Waals surface area contributed by atoms with E-state index in [4.69, 9.17) is 0 Å². The molecule has 2 rings (SSSR count). The molecule has 0 spiro atoms. The van der Waals surface area contributed by atoms with Crippen LogP contribution in [-0.4, -0.2) is 57.3 Å². The van der Waals surface area contributed by atoms with Gasteiger partial charge in [0.1, 0.15) is 23.6 Å². The highest BCUT2D eigenvalue weighted by molar-refractivity contribution is 5.79. The lowest BCUT2D eigenvalue weighted by molar-refractivity contribution is -0.141. The molecule has 2 amide bonds. The first kappa shape index (κ1) is 22.2. The Balaban J connectivity index is 2.40. The fourth-order valence-electron chi connectivity index (χ4n) is 2.92. The third-order valence-corrected chi connectivity index (χ3v) is 4.43. The molecule has 0 aliphatic heterocycles. The number of phenols is 2. The van der Waals surface area contributed by atoms with Gasteiger partial charge in [-0.1, -0.05) is 12.1 Å². The first-order valence-electron chi connectivity index (χ1n) is 8.76. The lowest BCUT2D eigenvalue weighted by Crippen LogP contribution is -2.37. The Hall–Kier alpha value is -4.08. The third kappa shape index (κ3) is 5.47. The molecule has 0 radical (unpaired) electrons. The number of carbonyl (C=O) groups excluding carboxylic acids is 2. The van der Waals surface area contributed by atoms with E-state index in [1.54, 1.807) is 0 Å². The predicted octanol–water partition coefficient (Wildman–Crippen LogP) is 0.248. The normalized spacial score (nSPS) is 12.4. The Morgan fingerprint density at radius 3 is 1.43 bits per heavy atom. The number of aliphatic carboxylic acids is 2. The van der Waals surface area contributed by atoms with Gasteiger partial charge in [0.2, 0.25) is 12.8 Å². The van der Waals surface area contributed by atoms with Crippen LogP contribution in [0.15, 0.2) is 36.4 Å². The van der Waals surface area contributed by atoms with Crippen LogP contribution in [0.25, 0.3) is 11.1 Å². The first-order chi connectivity index (χ1) is 14.3. The number of rotatable bonds is 11. The van der Waals surface area contributed by atoms with Gasteiger partial charge in [-0.05, 0) is 35.4 Å². The van der Waals surface area contributed by atoms with Crippen molar-refractivity contribution in [3.05, 3.63) is 47.5 Å². The van der Waals surface area contributed by atoms with Crippen molar-refractivity contribution in [1.29, 1.82) is 0 Å². The van der Waals surface area contributed by atoms with Crippen molar-refractivity contribution in [2.45, 2.75) is 24.9 Å². The van der Waals surface area contributed by atoms with Crippen LogP contribution in [0.5, 0.6) is 11.5 Å². The summed E-state index contributed by atoms with van der Waals surface area (Å²) in [6, 6.07) is 6.20. The standard InChI is InChI=1S/C20H20N2O8/c23-9-21-15(19(27)28)7-11-1-3-17(25)13(5-11)14-6-12(2-4-18(14)26)8-16(20(29)30)22-10-24/h1-6,9-10,15-16,25-26H,7-8H2,(H,21,23)(H,22,24)(H,27,28)(H,29,30). The number of amides is 2. The first-order valence-corrected chi connectivity index (χ1v) is 8.76. The zero-order chi connectivity index (χ0) is 22.3. The SMILES string of the molecule is O=CNC(Cc1ccc(O)c(-c2cc(CC(NC=O)C(=O)O)ccc2O)c1)C(=O)O. The molecule has 10 heteroatoms. The molecule has 0 aliphatic carbocycles. The number of carbonyl (C=O) groups is 4. The van der Waals surface area contributed by atoms with E-state index in [9.17, 15) is 39.6 Å². The van der Waals surface area contributed by atoms with Gasteiger partial charge in [0.05, 0.1) is 0 Å². The molecule has 6 N–H and O–H groups in total. The van der Waals surface area contributed by atoms with Gasteiger partial charge in [0.15, 0.2) is 0 Å². The number of benzene rings is 2. The quantitative estimate of drug-likeness (QED) is 0.283. The topological polar surface area (TPSA) is 173 Å². The van der Waals surface area contributed by atoms with Crippen molar-refractivity contribution < 1.29 is 39.6 Å². The van der Waals surface area contributed by atoms with Crippen molar-refractivity contribution in [3.63, 3.8) is 0 Å². The zero-order valence-electron chi connectivity index (χ0n) is 15.6. The Kier molecular flexibility index (Phi) is 7.34. The van der Waals surface area contributed by atoms with Gasteiger partial charge in [-0.15, -0.1) is 0 Å². The fourth-order valence-corrected chi connectivity index (χ4v) is 2.92. The minimum absolute atomic E-state index is 0.0633. The lowest BCUT2D eigenvalue weighted by atomic mass is 9.95. The van der Waals surface area contributed by atoms with Crippen molar-refractivity contribution in [2.75, 3.05) is 0 Å². The Morgan fingerprint density at radius 2 is 1.13 bits per heavy atom. The average Bonchev–Trinajstić information content (AvgIpc) is 2.70. The molecule has 2 aromatic carbocycles. The van der Waals surface area contributed by atoms with Gasteiger partial charge in [0, 0.05) is 24.0 Å². The van der Waals surface area contributed by atoms with E-state index < -0.39 is 24.0 Å². The second kappa shape index (κ2) is 9.92. The summed E-state index contributed by atoms with van der Waals surface area (Å²) < 4.78 is 0. The van der Waals surface area contributed by atoms with Crippen LogP contribution in [0.1, 0.15) is 11.1 Å². The highest BCUT2D eigenvalue weighted by Gasteiger charge is 2.20. The number of hydrogen-bond acceptors (Lipinski definition) is 6. The van der Waals surface area contributed by atoms with Gasteiger partial charge in [0.25, 0.3) is 0 Å². The molecular weight excluding hydrogens is 396 g/mol. The van der Waals surface area contributed by atoms with Crippen molar-refractivity contribution in [3.8, 4) is 22.6 Å². The Morgan fingerprint density at radius 1 is 0.767 bits per heavy atom. The number of hydrogen-bond donors (Lipinski definition) is 6. The predicted molar refractivity (Wildman–Crippen MR) is 104 cm³/mol. The molecule has 0 saturated carbocycles. The maximum absolute atomic E-state index is 11.2. The summed E-state index contributed by atoms with van der Waals surface area (Å²) in [5.74, 6) is -2.85. The molecular formula is C20H20N2O8. The number of nitrogens with one attached hydrogen (secondary N) is 2. The van der Waals surface area contributed by atoms with E-state index >= 15 is 0 Å². The minimum Gasteiger partial charge on any atom is -0.507 e. The van der Waals surface area contributed by atoms with E-state index in [1.165, 1.54) is 36.4 Å². The summed E-state index contributed by atoms with van der Waals surface area (Å²) in [5, 5.41) is 43.2. The summed E-state index contributed by atoms with van der Waals surface area (Å²) in [6.45, 7) is 0. The smallest absolute Gasteiger partial charge is 0.326 e. The van der Waals surface area contributed by atoms with Crippen LogP contribution in [0.2, 0.25) is 0 Å². The molecule has 2 aromatic rings. The monoisotopic (exact) mass is 416 g/mol. The highest BCUT2D eigenvalue weighted by atomic mass is 16.4. The molecule has 30 heavy (non-hydrogen) atoms. The summed E-state index contributed by atoms with van der Waals surface area (Å²) in [5.41, 5.74) is 1.33. The second-order valence-corrected chi connectivity index (χ2v) is 6.46. The number of phenolic OH excluding ortho intramolecular Hbond substituents is 2. The maximum atomic E-state index is 11.2. The number of aromatic hydroxyl groups is 2. The van der Waals surface area contributed by atoms with E-state index in [2.05, 4.69) is 10.6 Å². The molecule has 0 aliphatic rings. The van der Waals surface area contributed by atoms with Crippen LogP contribution >= 0.6 is 0 Å². The van der Waals surface area contributed by atoms with Crippen molar-refractivity contribution in [1.82, 2.24) is 10.6 Å². The Bertz CT molecular complexity index is 882. The average molecular weight is 416 g/mol. The molecule has 2 unspecified atom stereocenters. The molecule has 0 bridgehead atoms. The van der Waals surface area contributed by atoms with Crippen LogP contribution in [0.4, 0.5) is 0 Å². The van der Waals surface area contributed by atoms with Crippen molar-refractivity contribution in [2.24, 2.45) is 0 Å². The molecule has 0 aromatic heterocycles. The van der Waals surface area contributed by atoms with Gasteiger partial charge in [-0.2, -0.15) is 0 Å². The maximum Gasteiger partial charge on any atom is 0.326 e. The van der Waals surface area contributed by atoms with E-state index in [0.29, 0.717) is 11.1 Å². The fraction of sp³-hybridized carbons (Fsp3) is 0.200. The summed E-state index contributed by atoms with van der Waals surface area (Å²) in [4.78, 5) is 43.7. The van der Waals surface area contributed by atoms with E-state index in [-0.39, 0.29) is 48.3 Å². The molecule has 0 saturated heterocycles. The van der Waals surface area contributed by atoms with Crippen LogP contribution in [0.3, 0.4) is 0 Å². The number of carboxylic acids is 2. The van der Waals surface area contributed by atoms with Gasteiger partial charge >= 0.3 is 11.9 Å². The molecule has 0 fully saturated rings. The van der Waals surface area contributed by atoms with Crippen LogP contribution < -0.4 is 10.6 Å². The number of carboxylic acid groups (broad SMARTS) is 2. The zero-order valence-corrected chi connectivity index (χ0v) is 15.6. The van der Waals surface area contributed by atoms with Crippen molar-refractivity contribution >= 4 is 24.8 Å². The van der Waals surface area contributed by atoms with E-state index in [0.717, 1.165) is 0 Å². The summed E-state index contributed by atoms with van der Waals surface area (Å²) in [7, 11) is 0. The lowest BCUT2D eigenvalue weighted by Gasteiger charge is -2.15. The second-order valence-electron chi connectivity index (χ2n) is 6.46. The molecule has 158 valence electrons. The van der Waals surface area contributed by atoms with Crippen LogP contribution in [-0.2, 0) is 32.0 Å². The van der Waals surface area contributed by atoms with E-state index in [1.807, 2.05) is 0 Å². The molecule has 2 atom stereocenters. The van der Waals surface area contributed by atoms with Gasteiger partial charge < -0.3 is 31.1 Å². The molecule has 0 heterocycles. The molecule has 10 nitrogen and oxygen atoms in total. The highest BCUT2D eigenvalue weighted by Crippen LogP contribution is 2.37.